The number of carbonyl (C=O) groups excluding carboxylic acids is 2. The van der Waals surface area contributed by atoms with E-state index in [1.54, 1.807) is 0 Å². The van der Waals surface area contributed by atoms with Crippen LogP contribution in [0, 0.1) is 5.82 Å². The molecular formula is C21H15Cl4FN4O3. The Balaban J connectivity index is 1.68. The fourth-order valence-corrected chi connectivity index (χ4v) is 3.50. The highest BCUT2D eigenvalue weighted by molar-refractivity contribution is 6.67. The van der Waals surface area contributed by atoms with Crippen molar-refractivity contribution in [2.24, 2.45) is 0 Å². The molecular weight excluding hydrogens is 517 g/mol. The molecule has 12 heteroatoms. The van der Waals surface area contributed by atoms with Crippen LogP contribution in [0.3, 0.4) is 0 Å². The van der Waals surface area contributed by atoms with Gasteiger partial charge in [-0.15, -0.1) is 0 Å². The first-order chi connectivity index (χ1) is 15.6. The van der Waals surface area contributed by atoms with E-state index in [0.717, 1.165) is 6.07 Å². The van der Waals surface area contributed by atoms with Crippen LogP contribution in [0.15, 0.2) is 54.7 Å². The van der Waals surface area contributed by atoms with Gasteiger partial charge in [-0.2, -0.15) is 0 Å². The predicted octanol–water partition coefficient (Wildman–Crippen LogP) is 6.50. The summed E-state index contributed by atoms with van der Waals surface area (Å²) in [6.07, 6.45) is 1.39. The first-order valence-electron chi connectivity index (χ1n) is 9.17. The van der Waals surface area contributed by atoms with Crippen LogP contribution in [0.2, 0.25) is 5.02 Å². The maximum absolute atomic E-state index is 14.5. The Hall–Kier alpha value is -2.78. The van der Waals surface area contributed by atoms with E-state index in [1.807, 2.05) is 0 Å². The first-order valence-corrected chi connectivity index (χ1v) is 10.7. The number of aromatic nitrogens is 1. The lowest BCUT2D eigenvalue weighted by Crippen LogP contribution is -2.20. The Kier molecular flexibility index (Phi) is 7.86. The zero-order chi connectivity index (χ0) is 24.2. The Bertz CT molecular complexity index is 1200. The van der Waals surface area contributed by atoms with Gasteiger partial charge in [0.15, 0.2) is 0 Å². The van der Waals surface area contributed by atoms with Crippen molar-refractivity contribution in [1.82, 2.24) is 10.3 Å². The van der Waals surface area contributed by atoms with Gasteiger partial charge in [-0.05, 0) is 36.4 Å². The van der Waals surface area contributed by atoms with Crippen molar-refractivity contribution in [3.8, 4) is 11.5 Å². The number of hydrogen-bond donors (Lipinski definition) is 3. The van der Waals surface area contributed by atoms with Gasteiger partial charge >= 0.3 is 6.03 Å². The van der Waals surface area contributed by atoms with Gasteiger partial charge in [0, 0.05) is 41.7 Å². The minimum atomic E-state index is -1.79. The third-order valence-corrected chi connectivity index (χ3v) is 5.09. The molecule has 0 saturated carbocycles. The highest BCUT2D eigenvalue weighted by Crippen LogP contribution is 2.42. The summed E-state index contributed by atoms with van der Waals surface area (Å²) in [6.45, 7) is 0. The summed E-state index contributed by atoms with van der Waals surface area (Å²) < 4.78 is 18.3. The van der Waals surface area contributed by atoms with Gasteiger partial charge < -0.3 is 20.7 Å². The molecule has 0 atom stereocenters. The summed E-state index contributed by atoms with van der Waals surface area (Å²) >= 11 is 23.6. The molecule has 3 rings (SSSR count). The molecule has 3 amide bonds. The first kappa shape index (κ1) is 24.9. The normalized spacial score (nSPS) is 11.0. The number of halogens is 5. The number of anilines is 2. The molecule has 172 valence electrons. The maximum Gasteiger partial charge on any atom is 0.323 e. The zero-order valence-corrected chi connectivity index (χ0v) is 19.8. The number of urea groups is 1. The lowest BCUT2D eigenvalue weighted by atomic mass is 10.2. The molecule has 33 heavy (non-hydrogen) atoms. The molecule has 1 heterocycles. The SMILES string of the molecule is CNC(=O)c1cc(Oc2ccc(NC(=O)Nc3ccc(Cl)c(C(Cl)(Cl)Cl)c3)c(F)c2)ccn1. The summed E-state index contributed by atoms with van der Waals surface area (Å²) in [6, 6.07) is 10.4. The molecule has 3 N–H and O–H groups in total. The quantitative estimate of drug-likeness (QED) is 0.328. The van der Waals surface area contributed by atoms with E-state index in [2.05, 4.69) is 20.9 Å². The number of nitrogens with one attached hydrogen (secondary N) is 3. The van der Waals surface area contributed by atoms with Crippen LogP contribution in [-0.2, 0) is 3.79 Å². The molecule has 3 aromatic rings. The number of alkyl halides is 3. The van der Waals surface area contributed by atoms with Crippen molar-refractivity contribution in [3.63, 3.8) is 0 Å². The fourth-order valence-electron chi connectivity index (χ4n) is 2.63. The van der Waals surface area contributed by atoms with Crippen molar-refractivity contribution in [2.75, 3.05) is 17.7 Å². The van der Waals surface area contributed by atoms with Crippen molar-refractivity contribution < 1.29 is 18.7 Å². The molecule has 0 aliphatic carbocycles. The second-order valence-electron chi connectivity index (χ2n) is 6.47. The summed E-state index contributed by atoms with van der Waals surface area (Å²) in [5.41, 5.74) is 0.500. The second-order valence-corrected chi connectivity index (χ2v) is 9.16. The molecule has 0 fully saturated rings. The van der Waals surface area contributed by atoms with Crippen LogP contribution >= 0.6 is 46.4 Å². The average Bonchev–Trinajstić information content (AvgIpc) is 2.76. The standard InChI is InChI=1S/C21H15Cl4FN4O3/c1-27-19(31)18-10-13(6-7-28-18)33-12-3-5-17(16(26)9-12)30-20(32)29-11-2-4-15(22)14(8-11)21(23,24)25/h2-10H,1H3,(H,27,31)(H2,29,30,32). The van der Waals surface area contributed by atoms with Crippen LogP contribution in [0.5, 0.6) is 11.5 Å². The number of amides is 3. The molecule has 0 aliphatic heterocycles. The van der Waals surface area contributed by atoms with E-state index < -0.39 is 15.6 Å². The number of pyridine rings is 1. The summed E-state index contributed by atoms with van der Waals surface area (Å²) in [4.78, 5) is 27.9. The summed E-state index contributed by atoms with van der Waals surface area (Å²) in [5, 5.41) is 7.54. The van der Waals surface area contributed by atoms with Gasteiger partial charge in [-0.1, -0.05) is 46.4 Å². The van der Waals surface area contributed by atoms with Crippen LogP contribution in [0.25, 0.3) is 0 Å². The number of benzene rings is 2. The van der Waals surface area contributed by atoms with Gasteiger partial charge in [-0.25, -0.2) is 9.18 Å². The van der Waals surface area contributed by atoms with Crippen LogP contribution in [0.1, 0.15) is 16.1 Å². The molecule has 7 nitrogen and oxygen atoms in total. The van der Waals surface area contributed by atoms with Crippen LogP contribution in [-0.4, -0.2) is 24.0 Å². The van der Waals surface area contributed by atoms with E-state index in [0.29, 0.717) is 0 Å². The van der Waals surface area contributed by atoms with Crippen molar-refractivity contribution in [3.05, 3.63) is 76.8 Å². The Morgan fingerprint density at radius 2 is 1.73 bits per heavy atom. The highest BCUT2D eigenvalue weighted by Gasteiger charge is 2.26. The van der Waals surface area contributed by atoms with Crippen molar-refractivity contribution >= 4 is 69.7 Å². The summed E-state index contributed by atoms with van der Waals surface area (Å²) in [7, 11) is 1.47. The molecule has 0 radical (unpaired) electrons. The topological polar surface area (TPSA) is 92.4 Å². The van der Waals surface area contributed by atoms with E-state index in [9.17, 15) is 14.0 Å². The molecule has 0 spiro atoms. The van der Waals surface area contributed by atoms with E-state index in [-0.39, 0.29) is 45.1 Å². The summed E-state index contributed by atoms with van der Waals surface area (Å²) in [5.74, 6) is -0.702. The van der Waals surface area contributed by atoms with Gasteiger partial charge in [0.2, 0.25) is 3.79 Å². The van der Waals surface area contributed by atoms with Gasteiger partial charge in [0.05, 0.1) is 5.69 Å². The van der Waals surface area contributed by atoms with Crippen LogP contribution in [0.4, 0.5) is 20.6 Å². The second kappa shape index (κ2) is 10.4. The van der Waals surface area contributed by atoms with Gasteiger partial charge in [0.1, 0.15) is 23.0 Å². The van der Waals surface area contributed by atoms with Gasteiger partial charge in [-0.3, -0.25) is 9.78 Å². The lowest BCUT2D eigenvalue weighted by molar-refractivity contribution is 0.0958. The van der Waals surface area contributed by atoms with E-state index in [4.69, 9.17) is 51.1 Å². The predicted molar refractivity (Wildman–Crippen MR) is 127 cm³/mol. The van der Waals surface area contributed by atoms with Crippen LogP contribution < -0.4 is 20.7 Å². The molecule has 0 saturated heterocycles. The fraction of sp³-hybridized carbons (Fsp3) is 0.0952. The Morgan fingerprint density at radius 3 is 2.39 bits per heavy atom. The average molecular weight is 532 g/mol. The Labute approximate surface area is 208 Å². The highest BCUT2D eigenvalue weighted by atomic mass is 35.6. The molecule has 1 aromatic heterocycles. The number of rotatable bonds is 5. The minimum absolute atomic E-state index is 0.101. The lowest BCUT2D eigenvalue weighted by Gasteiger charge is -2.15. The van der Waals surface area contributed by atoms with Gasteiger partial charge in [0.25, 0.3) is 5.91 Å². The number of carbonyl (C=O) groups is 2. The monoisotopic (exact) mass is 530 g/mol. The van der Waals surface area contributed by atoms with E-state index >= 15 is 0 Å². The number of ether oxygens (including phenoxy) is 1. The van der Waals surface area contributed by atoms with Crippen molar-refractivity contribution in [1.29, 1.82) is 0 Å². The van der Waals surface area contributed by atoms with Crippen molar-refractivity contribution in [2.45, 2.75) is 3.79 Å². The number of nitrogens with zero attached hydrogens (tertiary/aromatic N) is 1. The molecule has 2 aromatic carbocycles. The largest absolute Gasteiger partial charge is 0.457 e. The maximum atomic E-state index is 14.5. The smallest absolute Gasteiger partial charge is 0.323 e. The number of hydrogen-bond acceptors (Lipinski definition) is 4. The minimum Gasteiger partial charge on any atom is -0.457 e. The van der Waals surface area contributed by atoms with E-state index in [1.165, 1.54) is 55.7 Å². The molecule has 0 unspecified atom stereocenters. The molecule has 0 aliphatic rings. The Morgan fingerprint density at radius 1 is 1.00 bits per heavy atom. The third-order valence-electron chi connectivity index (χ3n) is 4.15. The molecule has 0 bridgehead atoms. The zero-order valence-electron chi connectivity index (χ0n) is 16.8. The third kappa shape index (κ3) is 6.61.